The van der Waals surface area contributed by atoms with Crippen molar-refractivity contribution in [3.63, 3.8) is 0 Å². The van der Waals surface area contributed by atoms with Crippen molar-refractivity contribution in [2.75, 3.05) is 13.7 Å². The first kappa shape index (κ1) is 16.7. The molecule has 2 rings (SSSR count). The second-order valence-corrected chi connectivity index (χ2v) is 4.80. The van der Waals surface area contributed by atoms with Crippen LogP contribution in [0.1, 0.15) is 10.4 Å². The molecule has 22 heavy (non-hydrogen) atoms. The molecule has 8 heteroatoms. The Hall–Kier alpha value is -1.71. The average molecular weight is 314 g/mol. The lowest BCUT2D eigenvalue weighted by molar-refractivity contribution is -0.277. The van der Waals surface area contributed by atoms with Gasteiger partial charge in [0, 0.05) is 0 Å². The Labute approximate surface area is 126 Å². The summed E-state index contributed by atoms with van der Waals surface area (Å²) in [6.45, 7) is -0.566. The van der Waals surface area contributed by atoms with E-state index in [0.29, 0.717) is 0 Å². The lowest BCUT2D eigenvalue weighted by atomic mass is 9.99. The Kier molecular flexibility index (Phi) is 5.33. The molecule has 0 radical (unpaired) electrons. The number of methoxy groups -OCH3 is 1. The number of hydrogen-bond acceptors (Lipinski definition) is 8. The zero-order valence-corrected chi connectivity index (χ0v) is 11.8. The maximum atomic E-state index is 11.7. The molecule has 1 aliphatic rings. The number of benzene rings is 1. The van der Waals surface area contributed by atoms with Gasteiger partial charge in [-0.2, -0.15) is 0 Å². The molecule has 8 nitrogen and oxygen atoms in total. The Morgan fingerprint density at radius 3 is 2.50 bits per heavy atom. The van der Waals surface area contributed by atoms with Crippen LogP contribution in [0.4, 0.5) is 0 Å². The van der Waals surface area contributed by atoms with Crippen LogP contribution in [0.3, 0.4) is 0 Å². The average Bonchev–Trinajstić information content (AvgIpc) is 2.55. The Morgan fingerprint density at radius 2 is 1.86 bits per heavy atom. The quantitative estimate of drug-likeness (QED) is 0.503. The first-order chi connectivity index (χ1) is 10.5. The second-order valence-electron chi connectivity index (χ2n) is 4.80. The van der Waals surface area contributed by atoms with Crippen LogP contribution in [0.2, 0.25) is 0 Å². The van der Waals surface area contributed by atoms with Gasteiger partial charge in [0.25, 0.3) is 0 Å². The third-order valence-corrected chi connectivity index (χ3v) is 3.38. The van der Waals surface area contributed by atoms with Crippen LogP contribution in [-0.2, 0) is 9.47 Å². The molecular weight excluding hydrogens is 296 g/mol. The van der Waals surface area contributed by atoms with Crippen LogP contribution in [0.5, 0.6) is 5.75 Å². The molecule has 0 unspecified atom stereocenters. The molecule has 1 fully saturated rings. The molecule has 1 aliphatic heterocycles. The molecule has 122 valence electrons. The number of aliphatic hydroxyl groups excluding tert-OH is 4. The topological polar surface area (TPSA) is 126 Å². The van der Waals surface area contributed by atoms with E-state index in [1.807, 2.05) is 0 Å². The van der Waals surface area contributed by atoms with Crippen molar-refractivity contribution in [1.82, 2.24) is 0 Å². The monoisotopic (exact) mass is 314 g/mol. The molecule has 1 aromatic rings. The van der Waals surface area contributed by atoms with Gasteiger partial charge in [0.05, 0.1) is 13.7 Å². The van der Waals surface area contributed by atoms with Crippen molar-refractivity contribution in [3.8, 4) is 5.75 Å². The molecule has 0 aliphatic carbocycles. The number of para-hydroxylation sites is 1. The minimum Gasteiger partial charge on any atom is -0.465 e. The van der Waals surface area contributed by atoms with E-state index in [1.165, 1.54) is 19.2 Å². The predicted molar refractivity (Wildman–Crippen MR) is 72.2 cm³/mol. The minimum atomic E-state index is -1.55. The van der Waals surface area contributed by atoms with E-state index in [1.54, 1.807) is 12.1 Å². The number of carbonyl (C=O) groups is 1. The third kappa shape index (κ3) is 3.21. The summed E-state index contributed by atoms with van der Waals surface area (Å²) in [4.78, 5) is 11.7. The fourth-order valence-electron chi connectivity index (χ4n) is 2.14. The maximum Gasteiger partial charge on any atom is 0.341 e. The SMILES string of the molecule is COC(=O)c1ccccc1O[C@H]1O[C@@H](CO)[C@@H](O)[C@@H](O)[C@@H]1O. The molecule has 5 atom stereocenters. The van der Waals surface area contributed by atoms with Gasteiger partial charge in [-0.05, 0) is 12.1 Å². The highest BCUT2D eigenvalue weighted by Gasteiger charge is 2.44. The Bertz CT molecular complexity index is 517. The van der Waals surface area contributed by atoms with Crippen molar-refractivity contribution < 1.29 is 39.4 Å². The van der Waals surface area contributed by atoms with E-state index >= 15 is 0 Å². The summed E-state index contributed by atoms with van der Waals surface area (Å²) in [5.74, 6) is -0.557. The molecule has 0 bridgehead atoms. The van der Waals surface area contributed by atoms with Gasteiger partial charge in [0.2, 0.25) is 6.29 Å². The number of rotatable bonds is 4. The van der Waals surface area contributed by atoms with E-state index < -0.39 is 43.3 Å². The molecule has 0 aromatic heterocycles. The molecule has 1 heterocycles. The number of carbonyl (C=O) groups excluding carboxylic acids is 1. The zero-order valence-electron chi connectivity index (χ0n) is 11.8. The highest BCUT2D eigenvalue weighted by atomic mass is 16.7. The van der Waals surface area contributed by atoms with Gasteiger partial charge in [-0.15, -0.1) is 0 Å². The standard InChI is InChI=1S/C14H18O8/c1-20-13(19)7-4-2-3-5-8(7)21-14-12(18)11(17)10(16)9(6-15)22-14/h2-5,9-12,14-18H,6H2,1H3/t9-,10+,11+,12-,14-/m0/s1. The van der Waals surface area contributed by atoms with Gasteiger partial charge in [0.15, 0.2) is 0 Å². The largest absolute Gasteiger partial charge is 0.465 e. The smallest absolute Gasteiger partial charge is 0.341 e. The normalized spacial score (nSPS) is 31.6. The molecule has 0 saturated carbocycles. The van der Waals surface area contributed by atoms with Gasteiger partial charge in [-0.25, -0.2) is 4.79 Å². The number of hydrogen-bond donors (Lipinski definition) is 4. The first-order valence-corrected chi connectivity index (χ1v) is 6.64. The summed E-state index contributed by atoms with van der Waals surface area (Å²) in [6.07, 6.45) is -7.03. The van der Waals surface area contributed by atoms with Crippen molar-refractivity contribution in [3.05, 3.63) is 29.8 Å². The molecule has 4 N–H and O–H groups in total. The first-order valence-electron chi connectivity index (χ1n) is 6.64. The van der Waals surface area contributed by atoms with Gasteiger partial charge >= 0.3 is 5.97 Å². The van der Waals surface area contributed by atoms with Gasteiger partial charge in [-0.3, -0.25) is 0 Å². The van der Waals surface area contributed by atoms with Crippen LogP contribution in [0.15, 0.2) is 24.3 Å². The van der Waals surface area contributed by atoms with Crippen molar-refractivity contribution in [2.24, 2.45) is 0 Å². The Balaban J connectivity index is 2.21. The van der Waals surface area contributed by atoms with E-state index in [9.17, 15) is 20.1 Å². The molecule has 1 aromatic carbocycles. The number of esters is 1. The predicted octanol–water partition coefficient (Wildman–Crippen LogP) is -1.35. The van der Waals surface area contributed by atoms with Gasteiger partial charge in [0.1, 0.15) is 35.7 Å². The number of aliphatic hydroxyl groups is 4. The van der Waals surface area contributed by atoms with Gasteiger partial charge < -0.3 is 34.6 Å². The lowest BCUT2D eigenvalue weighted by Gasteiger charge is -2.39. The second kappa shape index (κ2) is 7.03. The van der Waals surface area contributed by atoms with E-state index in [-0.39, 0.29) is 11.3 Å². The number of ether oxygens (including phenoxy) is 3. The van der Waals surface area contributed by atoms with Crippen LogP contribution >= 0.6 is 0 Å². The fourth-order valence-corrected chi connectivity index (χ4v) is 2.14. The van der Waals surface area contributed by atoms with E-state index in [4.69, 9.17) is 14.6 Å². The summed E-state index contributed by atoms with van der Waals surface area (Å²) >= 11 is 0. The minimum absolute atomic E-state index is 0.0821. The molecule has 0 spiro atoms. The third-order valence-electron chi connectivity index (χ3n) is 3.38. The summed E-state index contributed by atoms with van der Waals surface area (Å²) in [6, 6.07) is 6.14. The summed E-state index contributed by atoms with van der Waals surface area (Å²) in [7, 11) is 1.22. The van der Waals surface area contributed by atoms with Gasteiger partial charge in [-0.1, -0.05) is 12.1 Å². The molecule has 1 saturated heterocycles. The summed E-state index contributed by atoms with van der Waals surface area (Å²) in [5.41, 5.74) is 0.113. The summed E-state index contributed by atoms with van der Waals surface area (Å²) in [5, 5.41) is 38.4. The maximum absolute atomic E-state index is 11.7. The van der Waals surface area contributed by atoms with Crippen molar-refractivity contribution in [2.45, 2.75) is 30.7 Å². The van der Waals surface area contributed by atoms with E-state index in [2.05, 4.69) is 4.74 Å². The van der Waals surface area contributed by atoms with Crippen LogP contribution in [0, 0.1) is 0 Å². The lowest BCUT2D eigenvalue weighted by Crippen LogP contribution is -2.60. The zero-order chi connectivity index (χ0) is 16.3. The van der Waals surface area contributed by atoms with Crippen LogP contribution in [-0.4, -0.2) is 70.8 Å². The highest BCUT2D eigenvalue weighted by Crippen LogP contribution is 2.26. The highest BCUT2D eigenvalue weighted by molar-refractivity contribution is 5.92. The van der Waals surface area contributed by atoms with E-state index in [0.717, 1.165) is 0 Å². The van der Waals surface area contributed by atoms with Crippen LogP contribution in [0.25, 0.3) is 0 Å². The Morgan fingerprint density at radius 1 is 1.18 bits per heavy atom. The van der Waals surface area contributed by atoms with Crippen molar-refractivity contribution >= 4 is 5.97 Å². The molecular formula is C14H18O8. The van der Waals surface area contributed by atoms with Crippen molar-refractivity contribution in [1.29, 1.82) is 0 Å². The fraction of sp³-hybridized carbons (Fsp3) is 0.500. The van der Waals surface area contributed by atoms with Crippen LogP contribution < -0.4 is 4.74 Å². The molecule has 0 amide bonds. The summed E-state index contributed by atoms with van der Waals surface area (Å²) < 4.78 is 15.3.